The quantitative estimate of drug-likeness (QED) is 0.812. The minimum Gasteiger partial charge on any atom is -0.340 e. The molecule has 21 heavy (non-hydrogen) atoms. The Morgan fingerprint density at radius 3 is 2.76 bits per heavy atom. The summed E-state index contributed by atoms with van der Waals surface area (Å²) in [5, 5.41) is 2.84. The van der Waals surface area contributed by atoms with E-state index in [-0.39, 0.29) is 21.9 Å². The summed E-state index contributed by atoms with van der Waals surface area (Å²) in [7, 11) is 0. The molecular weight excluding hydrogens is 286 g/mol. The molecule has 2 saturated heterocycles. The highest BCUT2D eigenvalue weighted by Crippen LogP contribution is 2.46. The van der Waals surface area contributed by atoms with E-state index in [1.807, 2.05) is 35.2 Å². The average molecular weight is 305 g/mol. The summed E-state index contributed by atoms with van der Waals surface area (Å²) in [6.45, 7) is 4.95. The van der Waals surface area contributed by atoms with Crippen LogP contribution in [0.15, 0.2) is 30.3 Å². The van der Waals surface area contributed by atoms with Crippen molar-refractivity contribution in [3.05, 3.63) is 35.9 Å². The second-order valence-corrected chi connectivity index (χ2v) is 7.93. The van der Waals surface area contributed by atoms with Gasteiger partial charge in [0.15, 0.2) is 0 Å². The van der Waals surface area contributed by atoms with E-state index in [0.29, 0.717) is 0 Å². The van der Waals surface area contributed by atoms with Crippen molar-refractivity contribution in [3.63, 3.8) is 0 Å². The maximum absolute atomic E-state index is 12.2. The molecule has 2 aliphatic heterocycles. The molecule has 1 aromatic rings. The summed E-state index contributed by atoms with van der Waals surface area (Å²) >= 11 is 1.73. The van der Waals surface area contributed by atoms with Crippen LogP contribution in [-0.2, 0) is 9.59 Å². The van der Waals surface area contributed by atoms with Gasteiger partial charge < -0.3 is 16.0 Å². The number of β-lactam (4-membered cyclic amide) rings is 1. The van der Waals surface area contributed by atoms with Gasteiger partial charge in [0.25, 0.3) is 0 Å². The first-order valence-electron chi connectivity index (χ1n) is 6.98. The Hall–Kier alpha value is -1.53. The SMILES string of the molecule is CC1(C)CN2C(=O)[C@@H](NC(=O)[C@H](N)c3ccccc3)C2S1. The fraction of sp³-hybridized carbons (Fsp3) is 0.467. The Labute approximate surface area is 128 Å². The van der Waals surface area contributed by atoms with Crippen molar-refractivity contribution >= 4 is 23.6 Å². The lowest BCUT2D eigenvalue weighted by atomic mass is 10.0. The van der Waals surface area contributed by atoms with E-state index in [0.717, 1.165) is 12.1 Å². The number of nitrogens with one attached hydrogen (secondary N) is 1. The Bertz CT molecular complexity index is 576. The van der Waals surface area contributed by atoms with Crippen molar-refractivity contribution in [3.8, 4) is 0 Å². The summed E-state index contributed by atoms with van der Waals surface area (Å²) < 4.78 is 0.0430. The van der Waals surface area contributed by atoms with Crippen molar-refractivity contribution in [1.82, 2.24) is 10.2 Å². The second kappa shape index (κ2) is 5.03. The van der Waals surface area contributed by atoms with Crippen LogP contribution in [0.5, 0.6) is 0 Å². The summed E-state index contributed by atoms with van der Waals surface area (Å²) in [5.41, 5.74) is 6.71. The Balaban J connectivity index is 1.65. The van der Waals surface area contributed by atoms with Gasteiger partial charge >= 0.3 is 0 Å². The van der Waals surface area contributed by atoms with Gasteiger partial charge in [-0.3, -0.25) is 9.59 Å². The zero-order valence-electron chi connectivity index (χ0n) is 12.1. The highest BCUT2D eigenvalue weighted by Gasteiger charge is 2.56. The van der Waals surface area contributed by atoms with Crippen LogP contribution in [-0.4, -0.2) is 39.4 Å². The Morgan fingerprint density at radius 1 is 1.43 bits per heavy atom. The van der Waals surface area contributed by atoms with Crippen LogP contribution in [0.2, 0.25) is 0 Å². The highest BCUT2D eigenvalue weighted by atomic mass is 32.2. The topological polar surface area (TPSA) is 75.4 Å². The van der Waals surface area contributed by atoms with Crippen molar-refractivity contribution in [1.29, 1.82) is 0 Å². The van der Waals surface area contributed by atoms with Crippen LogP contribution in [0.25, 0.3) is 0 Å². The van der Waals surface area contributed by atoms with Crippen LogP contribution in [0.1, 0.15) is 25.5 Å². The molecule has 0 spiro atoms. The van der Waals surface area contributed by atoms with Crippen molar-refractivity contribution in [2.24, 2.45) is 5.73 Å². The maximum atomic E-state index is 12.2. The average Bonchev–Trinajstić information content (AvgIpc) is 2.77. The summed E-state index contributed by atoms with van der Waals surface area (Å²) in [6, 6.07) is 7.99. The first-order chi connectivity index (χ1) is 9.89. The lowest BCUT2D eigenvalue weighted by Gasteiger charge is -2.41. The molecule has 112 valence electrons. The van der Waals surface area contributed by atoms with Gasteiger partial charge in [-0.2, -0.15) is 0 Å². The molecule has 5 nitrogen and oxygen atoms in total. The molecule has 2 heterocycles. The van der Waals surface area contributed by atoms with E-state index in [9.17, 15) is 9.59 Å². The van der Waals surface area contributed by atoms with Crippen LogP contribution in [0, 0.1) is 0 Å². The molecule has 2 fully saturated rings. The van der Waals surface area contributed by atoms with Crippen LogP contribution < -0.4 is 11.1 Å². The van der Waals surface area contributed by atoms with Gasteiger partial charge in [-0.25, -0.2) is 0 Å². The van der Waals surface area contributed by atoms with Gasteiger partial charge in [-0.05, 0) is 19.4 Å². The third-order valence-corrected chi connectivity index (χ3v) is 5.41. The van der Waals surface area contributed by atoms with Crippen molar-refractivity contribution < 1.29 is 9.59 Å². The molecule has 0 radical (unpaired) electrons. The molecule has 3 atom stereocenters. The number of benzene rings is 1. The Kier molecular flexibility index (Phi) is 3.45. The third kappa shape index (κ3) is 2.53. The number of thioether (sulfide) groups is 1. The molecule has 1 unspecified atom stereocenters. The lowest BCUT2D eigenvalue weighted by Crippen LogP contribution is -2.67. The van der Waals surface area contributed by atoms with E-state index >= 15 is 0 Å². The molecule has 2 aliphatic rings. The molecule has 0 saturated carbocycles. The minimum absolute atomic E-state index is 0.00770. The number of hydrogen-bond acceptors (Lipinski definition) is 4. The summed E-state index contributed by atoms with van der Waals surface area (Å²) in [5.74, 6) is -0.309. The third-order valence-electron chi connectivity index (χ3n) is 3.87. The van der Waals surface area contributed by atoms with Gasteiger partial charge in [-0.15, -0.1) is 11.8 Å². The van der Waals surface area contributed by atoms with Crippen LogP contribution in [0.4, 0.5) is 0 Å². The van der Waals surface area contributed by atoms with E-state index < -0.39 is 12.1 Å². The van der Waals surface area contributed by atoms with Gasteiger partial charge in [0.05, 0.1) is 0 Å². The number of hydrogen-bond donors (Lipinski definition) is 2. The molecule has 3 rings (SSSR count). The molecular formula is C15H19N3O2S. The number of rotatable bonds is 3. The van der Waals surface area contributed by atoms with Gasteiger partial charge in [-0.1, -0.05) is 30.3 Å². The predicted molar refractivity (Wildman–Crippen MR) is 82.5 cm³/mol. The first-order valence-corrected chi connectivity index (χ1v) is 7.86. The number of amides is 2. The monoisotopic (exact) mass is 305 g/mol. The number of carbonyl (C=O) groups is 2. The normalized spacial score (nSPS) is 27.8. The standard InChI is InChI=1S/C15H19N3O2S/c1-15(2)8-18-13(20)11(14(18)21-15)17-12(19)10(16)9-6-4-3-5-7-9/h3-7,10-11,14H,8,16H2,1-2H3,(H,17,19)/t10-,11-,14?/m1/s1. The smallest absolute Gasteiger partial charge is 0.249 e. The predicted octanol–water partition coefficient (Wildman–Crippen LogP) is 0.865. The Morgan fingerprint density at radius 2 is 2.10 bits per heavy atom. The maximum Gasteiger partial charge on any atom is 0.249 e. The van der Waals surface area contributed by atoms with Crippen LogP contribution >= 0.6 is 11.8 Å². The molecule has 0 aliphatic carbocycles. The van der Waals surface area contributed by atoms with E-state index in [4.69, 9.17) is 5.73 Å². The fourth-order valence-corrected chi connectivity index (χ4v) is 4.28. The van der Waals surface area contributed by atoms with Gasteiger partial charge in [0.1, 0.15) is 17.5 Å². The van der Waals surface area contributed by atoms with Crippen molar-refractivity contribution in [2.75, 3.05) is 6.54 Å². The largest absolute Gasteiger partial charge is 0.340 e. The lowest BCUT2D eigenvalue weighted by molar-refractivity contribution is -0.148. The fourth-order valence-electron chi connectivity index (χ4n) is 2.79. The molecule has 1 aromatic carbocycles. The van der Waals surface area contributed by atoms with E-state index in [1.165, 1.54) is 0 Å². The van der Waals surface area contributed by atoms with Gasteiger partial charge in [0, 0.05) is 11.3 Å². The number of fused-ring (bicyclic) bond motifs is 1. The molecule has 0 bridgehead atoms. The van der Waals surface area contributed by atoms with Crippen LogP contribution in [0.3, 0.4) is 0 Å². The summed E-state index contributed by atoms with van der Waals surface area (Å²) in [4.78, 5) is 26.1. The van der Waals surface area contributed by atoms with E-state index in [1.54, 1.807) is 11.8 Å². The zero-order valence-corrected chi connectivity index (χ0v) is 12.9. The van der Waals surface area contributed by atoms with Crippen molar-refractivity contribution in [2.45, 2.75) is 36.1 Å². The summed E-state index contributed by atoms with van der Waals surface area (Å²) in [6.07, 6.45) is 0. The minimum atomic E-state index is -0.743. The number of nitrogens with two attached hydrogens (primary N) is 1. The van der Waals surface area contributed by atoms with E-state index in [2.05, 4.69) is 19.2 Å². The second-order valence-electron chi connectivity index (χ2n) is 6.11. The molecule has 2 amide bonds. The van der Waals surface area contributed by atoms with Gasteiger partial charge in [0.2, 0.25) is 11.8 Å². The molecule has 3 N–H and O–H groups in total. The highest BCUT2D eigenvalue weighted by molar-refractivity contribution is 8.01. The zero-order chi connectivity index (χ0) is 15.2. The molecule has 6 heteroatoms. The number of carbonyl (C=O) groups excluding carboxylic acids is 2. The first kappa shape index (κ1) is 14.4. The molecule has 0 aromatic heterocycles. The number of nitrogens with zero attached hydrogens (tertiary/aromatic N) is 1.